The van der Waals surface area contributed by atoms with Crippen molar-refractivity contribution in [3.05, 3.63) is 18.2 Å². The highest BCUT2D eigenvalue weighted by atomic mass is 16.5. The Hall–Kier alpha value is -2.08. The number of amides is 2. The molecular formula is C13H19N3O3. The molecule has 0 saturated heterocycles. The number of anilines is 2. The van der Waals surface area contributed by atoms with Crippen molar-refractivity contribution in [2.45, 2.75) is 26.3 Å². The lowest BCUT2D eigenvalue weighted by atomic mass is 10.2. The monoisotopic (exact) mass is 265 g/mol. The highest BCUT2D eigenvalue weighted by Gasteiger charge is 2.10. The smallest absolute Gasteiger partial charge is 0.226 e. The van der Waals surface area contributed by atoms with E-state index in [0.29, 0.717) is 17.1 Å². The van der Waals surface area contributed by atoms with Gasteiger partial charge in [0.05, 0.1) is 12.8 Å². The van der Waals surface area contributed by atoms with Gasteiger partial charge in [-0.3, -0.25) is 9.59 Å². The van der Waals surface area contributed by atoms with Crippen LogP contribution in [-0.4, -0.2) is 25.0 Å². The van der Waals surface area contributed by atoms with Crippen molar-refractivity contribution in [2.24, 2.45) is 5.73 Å². The summed E-state index contributed by atoms with van der Waals surface area (Å²) in [6, 6.07) is 4.79. The molecule has 0 aliphatic carbocycles. The molecule has 2 amide bonds. The van der Waals surface area contributed by atoms with E-state index in [0.717, 1.165) is 0 Å². The van der Waals surface area contributed by atoms with Gasteiger partial charge >= 0.3 is 0 Å². The fourth-order valence-electron chi connectivity index (χ4n) is 1.58. The molecule has 0 heterocycles. The molecule has 0 spiro atoms. The first-order valence-electron chi connectivity index (χ1n) is 5.93. The predicted molar refractivity (Wildman–Crippen MR) is 74.2 cm³/mol. The van der Waals surface area contributed by atoms with Crippen molar-refractivity contribution < 1.29 is 14.3 Å². The van der Waals surface area contributed by atoms with Crippen molar-refractivity contribution in [3.63, 3.8) is 0 Å². The maximum atomic E-state index is 11.7. The Labute approximate surface area is 112 Å². The Morgan fingerprint density at radius 1 is 1.37 bits per heavy atom. The van der Waals surface area contributed by atoms with Crippen molar-refractivity contribution in [1.82, 2.24) is 0 Å². The molecule has 1 unspecified atom stereocenters. The summed E-state index contributed by atoms with van der Waals surface area (Å²) in [5.41, 5.74) is 6.65. The van der Waals surface area contributed by atoms with E-state index in [-0.39, 0.29) is 24.3 Å². The van der Waals surface area contributed by atoms with Crippen LogP contribution in [0, 0.1) is 0 Å². The minimum absolute atomic E-state index is 0.182. The first-order chi connectivity index (χ1) is 8.92. The van der Waals surface area contributed by atoms with Crippen LogP contribution >= 0.6 is 0 Å². The Kier molecular flexibility index (Phi) is 5.32. The Morgan fingerprint density at radius 3 is 2.58 bits per heavy atom. The average Bonchev–Trinajstić information content (AvgIpc) is 2.27. The van der Waals surface area contributed by atoms with Gasteiger partial charge in [-0.2, -0.15) is 0 Å². The third-order valence-corrected chi connectivity index (χ3v) is 2.30. The summed E-state index contributed by atoms with van der Waals surface area (Å²) in [5, 5.41) is 5.35. The quantitative estimate of drug-likeness (QED) is 0.748. The van der Waals surface area contributed by atoms with E-state index in [9.17, 15) is 9.59 Å². The second-order valence-electron chi connectivity index (χ2n) is 4.33. The van der Waals surface area contributed by atoms with E-state index in [1.54, 1.807) is 25.1 Å². The lowest BCUT2D eigenvalue weighted by Crippen LogP contribution is -2.24. The molecule has 0 saturated carbocycles. The van der Waals surface area contributed by atoms with Crippen LogP contribution in [0.25, 0.3) is 0 Å². The fraction of sp³-hybridized carbons (Fsp3) is 0.385. The summed E-state index contributed by atoms with van der Waals surface area (Å²) in [6.45, 7) is 3.17. The molecule has 0 radical (unpaired) electrons. The molecule has 0 fully saturated rings. The van der Waals surface area contributed by atoms with Crippen LogP contribution in [0.1, 0.15) is 20.3 Å². The van der Waals surface area contributed by atoms with Crippen molar-refractivity contribution in [1.29, 1.82) is 0 Å². The van der Waals surface area contributed by atoms with Crippen molar-refractivity contribution >= 4 is 23.2 Å². The molecule has 4 N–H and O–H groups in total. The SMILES string of the molecule is COc1ccc(NC(C)=O)cc1NC(=O)CC(C)N. The topological polar surface area (TPSA) is 93.5 Å². The van der Waals surface area contributed by atoms with E-state index in [2.05, 4.69) is 10.6 Å². The Balaban J connectivity index is 2.89. The molecule has 19 heavy (non-hydrogen) atoms. The molecule has 104 valence electrons. The molecule has 0 aliphatic heterocycles. The Bertz CT molecular complexity index is 472. The van der Waals surface area contributed by atoms with Gasteiger partial charge in [0.2, 0.25) is 11.8 Å². The fourth-order valence-corrected chi connectivity index (χ4v) is 1.58. The van der Waals surface area contributed by atoms with Crippen molar-refractivity contribution in [3.8, 4) is 5.75 Å². The zero-order chi connectivity index (χ0) is 14.4. The number of methoxy groups -OCH3 is 1. The van der Waals surface area contributed by atoms with Crippen LogP contribution in [0.3, 0.4) is 0 Å². The van der Waals surface area contributed by atoms with Gasteiger partial charge in [-0.05, 0) is 25.1 Å². The lowest BCUT2D eigenvalue weighted by Gasteiger charge is -2.13. The summed E-state index contributed by atoms with van der Waals surface area (Å²) in [7, 11) is 1.51. The molecule has 1 atom stereocenters. The highest BCUT2D eigenvalue weighted by Crippen LogP contribution is 2.28. The van der Waals surface area contributed by atoms with Crippen LogP contribution in [0.2, 0.25) is 0 Å². The predicted octanol–water partition coefficient (Wildman–Crippen LogP) is 1.33. The molecule has 1 aromatic carbocycles. The zero-order valence-electron chi connectivity index (χ0n) is 11.3. The van der Waals surface area contributed by atoms with Gasteiger partial charge in [-0.1, -0.05) is 0 Å². The molecule has 6 nitrogen and oxygen atoms in total. The van der Waals surface area contributed by atoms with Gasteiger partial charge in [0.15, 0.2) is 0 Å². The summed E-state index contributed by atoms with van der Waals surface area (Å²) in [4.78, 5) is 22.7. The Morgan fingerprint density at radius 2 is 2.05 bits per heavy atom. The molecule has 0 aromatic heterocycles. The van der Waals surface area contributed by atoms with E-state index in [4.69, 9.17) is 10.5 Å². The van der Waals surface area contributed by atoms with Crippen LogP contribution in [0.5, 0.6) is 5.75 Å². The van der Waals surface area contributed by atoms with Gasteiger partial charge in [0, 0.05) is 25.1 Å². The van der Waals surface area contributed by atoms with Gasteiger partial charge in [0.25, 0.3) is 0 Å². The summed E-state index contributed by atoms with van der Waals surface area (Å²) in [6.07, 6.45) is 0.216. The number of hydrogen-bond acceptors (Lipinski definition) is 4. The van der Waals surface area contributed by atoms with Crippen LogP contribution in [0.4, 0.5) is 11.4 Å². The van der Waals surface area contributed by atoms with Gasteiger partial charge in [-0.15, -0.1) is 0 Å². The minimum Gasteiger partial charge on any atom is -0.495 e. The number of carbonyl (C=O) groups is 2. The van der Waals surface area contributed by atoms with E-state index >= 15 is 0 Å². The third kappa shape index (κ3) is 4.97. The summed E-state index contributed by atoms with van der Waals surface area (Å²) >= 11 is 0. The molecule has 6 heteroatoms. The van der Waals surface area contributed by atoms with E-state index in [1.165, 1.54) is 14.0 Å². The third-order valence-electron chi connectivity index (χ3n) is 2.30. The largest absolute Gasteiger partial charge is 0.495 e. The number of rotatable bonds is 5. The number of carbonyl (C=O) groups excluding carboxylic acids is 2. The van der Waals surface area contributed by atoms with Crippen molar-refractivity contribution in [2.75, 3.05) is 17.7 Å². The molecule has 0 aliphatic rings. The first-order valence-corrected chi connectivity index (χ1v) is 5.93. The lowest BCUT2D eigenvalue weighted by molar-refractivity contribution is -0.116. The number of nitrogens with two attached hydrogens (primary N) is 1. The van der Waals surface area contributed by atoms with E-state index < -0.39 is 0 Å². The van der Waals surface area contributed by atoms with Gasteiger partial charge in [-0.25, -0.2) is 0 Å². The standard InChI is InChI=1S/C13H19N3O3/c1-8(14)6-13(18)16-11-7-10(15-9(2)17)4-5-12(11)19-3/h4-5,7-8H,6,14H2,1-3H3,(H,15,17)(H,16,18). The second kappa shape index (κ2) is 6.75. The van der Waals surface area contributed by atoms with Gasteiger partial charge < -0.3 is 21.1 Å². The van der Waals surface area contributed by atoms with Crippen LogP contribution in [-0.2, 0) is 9.59 Å². The molecular weight excluding hydrogens is 246 g/mol. The molecule has 1 aromatic rings. The number of hydrogen-bond donors (Lipinski definition) is 3. The number of nitrogens with one attached hydrogen (secondary N) is 2. The molecule has 0 bridgehead atoms. The summed E-state index contributed by atoms with van der Waals surface area (Å²) < 4.78 is 5.15. The van der Waals surface area contributed by atoms with Gasteiger partial charge in [0.1, 0.15) is 5.75 Å². The first kappa shape index (κ1) is 15.0. The zero-order valence-corrected chi connectivity index (χ0v) is 11.3. The summed E-state index contributed by atoms with van der Waals surface area (Å²) in [5.74, 6) is 0.137. The van der Waals surface area contributed by atoms with Crippen LogP contribution in [0.15, 0.2) is 18.2 Å². The van der Waals surface area contributed by atoms with Crippen LogP contribution < -0.4 is 21.1 Å². The minimum atomic E-state index is -0.218. The number of ether oxygens (including phenoxy) is 1. The second-order valence-corrected chi connectivity index (χ2v) is 4.33. The maximum Gasteiger partial charge on any atom is 0.226 e. The number of benzene rings is 1. The maximum absolute atomic E-state index is 11.7. The highest BCUT2D eigenvalue weighted by molar-refractivity contribution is 5.95. The normalized spacial score (nSPS) is 11.6. The van der Waals surface area contributed by atoms with E-state index in [1.807, 2.05) is 0 Å². The average molecular weight is 265 g/mol. The molecule has 1 rings (SSSR count).